The lowest BCUT2D eigenvalue weighted by Gasteiger charge is -2.11. The zero-order chi connectivity index (χ0) is 6.97. The summed E-state index contributed by atoms with van der Waals surface area (Å²) in [6.07, 6.45) is 6.08. The fourth-order valence-electron chi connectivity index (χ4n) is 2.03. The van der Waals surface area contributed by atoms with Crippen LogP contribution in [0.1, 0.15) is 25.7 Å². The van der Waals surface area contributed by atoms with E-state index in [1.54, 1.807) is 0 Å². The molecule has 0 spiro atoms. The maximum atomic E-state index is 5.88. The molecule has 10 heavy (non-hydrogen) atoms. The molecule has 0 amide bonds. The molecular weight excluding hydrogens is 160 g/mol. The molecule has 0 N–H and O–H groups in total. The van der Waals surface area contributed by atoms with Crippen molar-refractivity contribution in [2.45, 2.75) is 31.7 Å². The average Bonchev–Trinajstić information content (AvgIpc) is 2.77. The highest BCUT2D eigenvalue weighted by atomic mass is 35.6. The first kappa shape index (κ1) is 7.17. The Balaban J connectivity index is 1.80. The van der Waals surface area contributed by atoms with Crippen molar-refractivity contribution in [3.05, 3.63) is 0 Å². The summed E-state index contributed by atoms with van der Waals surface area (Å²) in [6.45, 7) is 0. The molecular formula is C8H15ClSi. The highest BCUT2D eigenvalue weighted by Crippen LogP contribution is 2.50. The Morgan fingerprint density at radius 1 is 1.20 bits per heavy atom. The van der Waals surface area contributed by atoms with Crippen LogP contribution < -0.4 is 0 Å². The van der Waals surface area contributed by atoms with Crippen molar-refractivity contribution >= 4 is 19.9 Å². The van der Waals surface area contributed by atoms with E-state index in [0.29, 0.717) is 0 Å². The first-order chi connectivity index (χ1) is 4.92. The lowest BCUT2D eigenvalue weighted by atomic mass is 10.0. The third-order valence-corrected chi connectivity index (χ3v) is 4.44. The summed E-state index contributed by atoms with van der Waals surface area (Å²) in [4.78, 5) is 0. The zero-order valence-corrected chi connectivity index (χ0v) is 8.52. The van der Waals surface area contributed by atoms with Crippen molar-refractivity contribution in [1.82, 2.24) is 0 Å². The van der Waals surface area contributed by atoms with Crippen LogP contribution in [0.5, 0.6) is 0 Å². The van der Waals surface area contributed by atoms with Crippen LogP contribution in [0.3, 0.4) is 0 Å². The van der Waals surface area contributed by atoms with E-state index in [4.69, 9.17) is 11.1 Å². The second kappa shape index (κ2) is 2.86. The van der Waals surface area contributed by atoms with Gasteiger partial charge in [0.05, 0.1) is 0 Å². The van der Waals surface area contributed by atoms with E-state index in [0.717, 1.165) is 17.8 Å². The van der Waals surface area contributed by atoms with Crippen LogP contribution in [0.15, 0.2) is 0 Å². The molecule has 2 rings (SSSR count). The fraction of sp³-hybridized carbons (Fsp3) is 1.00. The van der Waals surface area contributed by atoms with E-state index in [-0.39, 0.29) is 8.83 Å². The molecule has 2 fully saturated rings. The standard InChI is InChI=1S/C8H15ClSi/c9-10-5-8(6-1-2-6)7-3-4-7/h6-8H,1-5,10H2. The first-order valence-electron chi connectivity index (χ1n) is 4.48. The zero-order valence-electron chi connectivity index (χ0n) is 6.35. The van der Waals surface area contributed by atoms with Gasteiger partial charge in [0.15, 0.2) is 0 Å². The number of hydrogen-bond donors (Lipinski definition) is 0. The molecule has 0 aromatic carbocycles. The Bertz CT molecular complexity index is 106. The average molecular weight is 175 g/mol. The Labute approximate surface area is 69.9 Å². The Kier molecular flexibility index (Phi) is 2.05. The van der Waals surface area contributed by atoms with Crippen molar-refractivity contribution in [2.75, 3.05) is 0 Å². The van der Waals surface area contributed by atoms with Gasteiger partial charge in [-0.3, -0.25) is 0 Å². The summed E-state index contributed by atoms with van der Waals surface area (Å²) in [5.74, 6) is 3.33. The molecule has 0 aromatic rings. The molecule has 58 valence electrons. The smallest absolute Gasteiger partial charge is 0.125 e. The van der Waals surface area contributed by atoms with Gasteiger partial charge in [0.25, 0.3) is 0 Å². The predicted molar refractivity (Wildman–Crippen MR) is 48.1 cm³/mol. The van der Waals surface area contributed by atoms with Crippen LogP contribution in [-0.4, -0.2) is 8.83 Å². The monoisotopic (exact) mass is 174 g/mol. The minimum Gasteiger partial charge on any atom is -0.176 e. The quantitative estimate of drug-likeness (QED) is 0.453. The first-order valence-corrected chi connectivity index (χ1v) is 7.61. The van der Waals surface area contributed by atoms with E-state index in [2.05, 4.69) is 0 Å². The molecule has 0 aromatic heterocycles. The van der Waals surface area contributed by atoms with Gasteiger partial charge < -0.3 is 0 Å². The number of halogens is 1. The summed E-state index contributed by atoms with van der Waals surface area (Å²) in [6, 6.07) is 1.43. The molecule has 2 aliphatic rings. The minimum absolute atomic E-state index is 0.167. The van der Waals surface area contributed by atoms with Crippen LogP contribution in [0, 0.1) is 17.8 Å². The molecule has 0 saturated heterocycles. The van der Waals surface area contributed by atoms with E-state index in [9.17, 15) is 0 Å². The second-order valence-corrected chi connectivity index (χ2v) is 5.91. The number of rotatable bonds is 4. The van der Waals surface area contributed by atoms with Crippen LogP contribution in [0.25, 0.3) is 0 Å². The van der Waals surface area contributed by atoms with E-state index in [1.165, 1.54) is 31.7 Å². The Hall–Kier alpha value is 0.507. The van der Waals surface area contributed by atoms with Gasteiger partial charge in [-0.2, -0.15) is 11.1 Å². The Morgan fingerprint density at radius 2 is 1.70 bits per heavy atom. The van der Waals surface area contributed by atoms with Gasteiger partial charge >= 0.3 is 0 Å². The van der Waals surface area contributed by atoms with Crippen LogP contribution in [0.2, 0.25) is 6.04 Å². The van der Waals surface area contributed by atoms with Crippen LogP contribution >= 0.6 is 11.1 Å². The summed E-state index contributed by atoms with van der Waals surface area (Å²) < 4.78 is 0. The highest BCUT2D eigenvalue weighted by Gasteiger charge is 2.40. The summed E-state index contributed by atoms with van der Waals surface area (Å²) in [7, 11) is -0.167. The third kappa shape index (κ3) is 1.56. The molecule has 0 heterocycles. The minimum atomic E-state index is -0.167. The van der Waals surface area contributed by atoms with Crippen molar-refractivity contribution in [3.8, 4) is 0 Å². The van der Waals surface area contributed by atoms with Gasteiger partial charge in [0.2, 0.25) is 0 Å². The van der Waals surface area contributed by atoms with E-state index >= 15 is 0 Å². The molecule has 0 atom stereocenters. The SMILES string of the molecule is Cl[SiH2]CC(C1CC1)C1CC1. The maximum Gasteiger partial charge on any atom is 0.125 e. The van der Waals surface area contributed by atoms with E-state index in [1.807, 2.05) is 0 Å². The van der Waals surface area contributed by atoms with Crippen molar-refractivity contribution in [1.29, 1.82) is 0 Å². The van der Waals surface area contributed by atoms with Crippen molar-refractivity contribution in [3.63, 3.8) is 0 Å². The fourth-order valence-corrected chi connectivity index (χ4v) is 3.98. The largest absolute Gasteiger partial charge is 0.176 e. The van der Waals surface area contributed by atoms with Gasteiger partial charge in [0, 0.05) is 0 Å². The van der Waals surface area contributed by atoms with Gasteiger partial charge in [-0.25, -0.2) is 0 Å². The van der Waals surface area contributed by atoms with Gasteiger partial charge in [-0.1, -0.05) is 0 Å². The molecule has 2 heteroatoms. The van der Waals surface area contributed by atoms with Crippen LogP contribution in [0.4, 0.5) is 0 Å². The summed E-state index contributed by atoms with van der Waals surface area (Å²) in [5.41, 5.74) is 0. The normalized spacial score (nSPS) is 27.0. The molecule has 2 saturated carbocycles. The molecule has 0 aliphatic heterocycles. The van der Waals surface area contributed by atoms with Gasteiger partial charge in [-0.05, 0) is 49.5 Å². The third-order valence-electron chi connectivity index (χ3n) is 2.90. The van der Waals surface area contributed by atoms with Crippen LogP contribution in [-0.2, 0) is 0 Å². The molecule has 2 aliphatic carbocycles. The van der Waals surface area contributed by atoms with Gasteiger partial charge in [0.1, 0.15) is 8.83 Å². The van der Waals surface area contributed by atoms with Gasteiger partial charge in [-0.15, -0.1) is 0 Å². The van der Waals surface area contributed by atoms with E-state index < -0.39 is 0 Å². The topological polar surface area (TPSA) is 0 Å². The van der Waals surface area contributed by atoms with Crippen molar-refractivity contribution in [2.24, 2.45) is 17.8 Å². The summed E-state index contributed by atoms with van der Waals surface area (Å²) >= 11 is 5.88. The maximum absolute atomic E-state index is 5.88. The molecule has 0 radical (unpaired) electrons. The molecule has 0 unspecified atom stereocenters. The Morgan fingerprint density at radius 3 is 2.00 bits per heavy atom. The highest BCUT2D eigenvalue weighted by molar-refractivity contribution is 6.93. The number of hydrogen-bond acceptors (Lipinski definition) is 0. The molecule has 0 nitrogen and oxygen atoms in total. The lowest BCUT2D eigenvalue weighted by molar-refractivity contribution is 0.447. The molecule has 0 bridgehead atoms. The lowest BCUT2D eigenvalue weighted by Crippen LogP contribution is -2.06. The van der Waals surface area contributed by atoms with Crippen molar-refractivity contribution < 1.29 is 0 Å². The second-order valence-electron chi connectivity index (χ2n) is 3.82. The predicted octanol–water partition coefficient (Wildman–Crippen LogP) is 2.16. The summed E-state index contributed by atoms with van der Waals surface area (Å²) in [5, 5.41) is 0.